The molecule has 1 aromatic heterocycles. The van der Waals surface area contributed by atoms with E-state index in [-0.39, 0.29) is 12.4 Å². The zero-order chi connectivity index (χ0) is 28.0. The van der Waals surface area contributed by atoms with E-state index in [1.165, 1.54) is 21.6 Å². The normalized spacial score (nSPS) is 13.4. The number of hydrogen-bond donors (Lipinski definition) is 4. The van der Waals surface area contributed by atoms with Crippen LogP contribution < -0.4 is 16.2 Å². The number of pyridine rings is 1. The van der Waals surface area contributed by atoms with Gasteiger partial charge < -0.3 is 21.0 Å². The maximum atomic E-state index is 11.4. The number of amides is 1. The minimum absolute atomic E-state index is 0.0766. The number of nitrogens with one attached hydrogen (secondary N) is 2. The molecule has 5 rings (SSSR count). The molecule has 202 valence electrons. The molecule has 2 aromatic carbocycles. The standard InChI is InChI=1S/C14H11ClS.C8H7N3O5.C3H5F3/c15-13-6-3-5-11-9-16-14-7-2-1-4-10(14)8-12(11)13;12-5-3(8(15)16)1-11-4(6(5)13)7(14)9-2-10-11;1-2-3(4,5)6/h1-7H,8-9H2;1,10,13H,2H2,(H,9,14)(H,15,16);2H2,1H3. The van der Waals surface area contributed by atoms with Crippen LogP contribution in [0, 0.1) is 0 Å². The predicted octanol–water partition coefficient (Wildman–Crippen LogP) is 4.99. The topological polar surface area (TPSA) is 121 Å². The fraction of sp³-hybridized carbons (Fsp3) is 0.240. The van der Waals surface area contributed by atoms with E-state index in [0.29, 0.717) is 0 Å². The highest BCUT2D eigenvalue weighted by Crippen LogP contribution is 2.36. The maximum Gasteiger partial charge on any atom is 0.388 e. The summed E-state index contributed by atoms with van der Waals surface area (Å²) >= 11 is 8.17. The lowest BCUT2D eigenvalue weighted by Crippen LogP contribution is -2.43. The van der Waals surface area contributed by atoms with Crippen LogP contribution in [0.3, 0.4) is 0 Å². The van der Waals surface area contributed by atoms with Crippen LogP contribution in [-0.4, -0.2) is 39.6 Å². The summed E-state index contributed by atoms with van der Waals surface area (Å²) in [6, 6.07) is 14.8. The first kappa shape index (κ1) is 28.9. The first-order valence-corrected chi connectivity index (χ1v) is 12.6. The van der Waals surface area contributed by atoms with Crippen LogP contribution in [0.15, 0.2) is 58.4 Å². The van der Waals surface area contributed by atoms with E-state index >= 15 is 0 Å². The summed E-state index contributed by atoms with van der Waals surface area (Å²) < 4.78 is 33.4. The lowest BCUT2D eigenvalue weighted by atomic mass is 10.0. The van der Waals surface area contributed by atoms with Crippen molar-refractivity contribution in [2.24, 2.45) is 0 Å². The molecule has 0 atom stereocenters. The van der Waals surface area contributed by atoms with Gasteiger partial charge in [-0.25, -0.2) is 4.79 Å². The third-order valence-electron chi connectivity index (χ3n) is 5.47. The van der Waals surface area contributed by atoms with Gasteiger partial charge >= 0.3 is 12.1 Å². The van der Waals surface area contributed by atoms with Gasteiger partial charge in [-0.2, -0.15) is 13.2 Å². The van der Waals surface area contributed by atoms with Gasteiger partial charge in [0.2, 0.25) is 5.43 Å². The van der Waals surface area contributed by atoms with Crippen molar-refractivity contribution in [3.05, 3.63) is 91.9 Å². The summed E-state index contributed by atoms with van der Waals surface area (Å²) in [7, 11) is 0. The molecule has 8 nitrogen and oxygen atoms in total. The van der Waals surface area contributed by atoms with E-state index in [2.05, 4.69) is 41.1 Å². The highest BCUT2D eigenvalue weighted by molar-refractivity contribution is 7.98. The Morgan fingerprint density at radius 3 is 2.45 bits per heavy atom. The van der Waals surface area contributed by atoms with Crippen LogP contribution in [0.25, 0.3) is 0 Å². The molecule has 2 aliphatic heterocycles. The van der Waals surface area contributed by atoms with Crippen molar-refractivity contribution in [1.29, 1.82) is 0 Å². The number of thioether (sulfide) groups is 1. The Bertz CT molecular complexity index is 1410. The molecule has 3 aromatic rings. The summed E-state index contributed by atoms with van der Waals surface area (Å²) in [4.78, 5) is 34.8. The monoisotopic (exact) mass is 569 g/mol. The van der Waals surface area contributed by atoms with Crippen molar-refractivity contribution in [3.8, 4) is 5.75 Å². The smallest absolute Gasteiger partial charge is 0.388 e. The molecule has 0 aliphatic carbocycles. The van der Waals surface area contributed by atoms with E-state index in [1.54, 1.807) is 0 Å². The van der Waals surface area contributed by atoms with E-state index in [1.807, 2.05) is 23.9 Å². The zero-order valence-corrected chi connectivity index (χ0v) is 21.5. The van der Waals surface area contributed by atoms with E-state index in [9.17, 15) is 32.7 Å². The van der Waals surface area contributed by atoms with Crippen molar-refractivity contribution >= 4 is 35.2 Å². The second kappa shape index (κ2) is 12.3. The number of alkyl halides is 3. The molecule has 0 saturated carbocycles. The Morgan fingerprint density at radius 2 is 1.79 bits per heavy atom. The number of carboxylic acid groups (broad SMARTS) is 1. The summed E-state index contributed by atoms with van der Waals surface area (Å²) in [5.74, 6) is -1.98. The van der Waals surface area contributed by atoms with Gasteiger partial charge in [-0.3, -0.25) is 14.3 Å². The number of rotatable bonds is 1. The largest absolute Gasteiger partial charge is 0.502 e. The van der Waals surface area contributed by atoms with Crippen molar-refractivity contribution in [2.45, 2.75) is 36.6 Å². The molecule has 0 fully saturated rings. The third kappa shape index (κ3) is 7.01. The average Bonchev–Trinajstić information content (AvgIpc) is 3.07. The molecule has 0 spiro atoms. The van der Waals surface area contributed by atoms with Crippen LogP contribution >= 0.6 is 23.4 Å². The number of carbonyl (C=O) groups is 2. The number of nitrogens with zero attached hydrogens (tertiary/aromatic N) is 1. The molecule has 0 unspecified atom stereocenters. The molecule has 0 saturated heterocycles. The average molecular weight is 570 g/mol. The van der Waals surface area contributed by atoms with E-state index < -0.39 is 41.2 Å². The molecular weight excluding hydrogens is 547 g/mol. The SMILES string of the molecule is CCC(F)(F)F.Clc1cccc2c1Cc1ccccc1SC2.O=C(O)c1cn2c(c(O)c1=O)C(=O)NCN2. The summed E-state index contributed by atoms with van der Waals surface area (Å²) in [6.07, 6.45) is -2.77. The van der Waals surface area contributed by atoms with Gasteiger partial charge in [-0.15, -0.1) is 11.8 Å². The number of benzene rings is 2. The number of carboxylic acids is 1. The lowest BCUT2D eigenvalue weighted by molar-refractivity contribution is -0.130. The molecule has 3 heterocycles. The quantitative estimate of drug-likeness (QED) is 0.326. The number of carbonyl (C=O) groups excluding carboxylic acids is 1. The van der Waals surface area contributed by atoms with Crippen LogP contribution in [0.4, 0.5) is 13.2 Å². The molecule has 1 amide bonds. The van der Waals surface area contributed by atoms with Gasteiger partial charge in [-0.1, -0.05) is 48.9 Å². The molecule has 0 bridgehead atoms. The predicted molar refractivity (Wildman–Crippen MR) is 138 cm³/mol. The van der Waals surface area contributed by atoms with Crippen molar-refractivity contribution in [3.63, 3.8) is 0 Å². The zero-order valence-electron chi connectivity index (χ0n) is 19.9. The Labute approximate surface area is 224 Å². The van der Waals surface area contributed by atoms with Crippen LogP contribution in [0.1, 0.15) is 50.9 Å². The number of hydrogen-bond acceptors (Lipinski definition) is 6. The van der Waals surface area contributed by atoms with E-state index in [4.69, 9.17) is 16.7 Å². The van der Waals surface area contributed by atoms with Crippen LogP contribution in [0.5, 0.6) is 5.75 Å². The number of aromatic nitrogens is 1. The third-order valence-corrected chi connectivity index (χ3v) is 6.99. The number of halogens is 4. The van der Waals surface area contributed by atoms with Gasteiger partial charge in [0.1, 0.15) is 12.2 Å². The second-order valence-electron chi connectivity index (χ2n) is 8.00. The Morgan fingerprint density at radius 1 is 1.13 bits per heavy atom. The second-order valence-corrected chi connectivity index (χ2v) is 9.43. The Balaban J connectivity index is 0.000000175. The maximum absolute atomic E-state index is 11.4. The van der Waals surface area contributed by atoms with Gasteiger partial charge in [0.25, 0.3) is 5.91 Å². The first-order valence-electron chi connectivity index (χ1n) is 11.2. The van der Waals surface area contributed by atoms with Crippen molar-refractivity contribution in [2.75, 3.05) is 12.1 Å². The van der Waals surface area contributed by atoms with Gasteiger partial charge in [0.05, 0.1) is 0 Å². The molecule has 13 heteroatoms. The fourth-order valence-electron chi connectivity index (χ4n) is 3.46. The highest BCUT2D eigenvalue weighted by atomic mass is 35.5. The number of aromatic carboxylic acids is 1. The molecule has 2 aliphatic rings. The summed E-state index contributed by atoms with van der Waals surface area (Å²) in [5.41, 5.74) is 4.63. The molecule has 4 N–H and O–H groups in total. The van der Waals surface area contributed by atoms with Gasteiger partial charge in [0.15, 0.2) is 11.4 Å². The van der Waals surface area contributed by atoms with Crippen molar-refractivity contribution in [1.82, 2.24) is 9.99 Å². The minimum Gasteiger partial charge on any atom is -0.502 e. The van der Waals surface area contributed by atoms with Gasteiger partial charge in [0, 0.05) is 34.7 Å². The number of fused-ring (bicyclic) bond motifs is 3. The van der Waals surface area contributed by atoms with Gasteiger partial charge in [-0.05, 0) is 28.8 Å². The fourth-order valence-corrected chi connectivity index (χ4v) is 4.80. The number of aromatic hydroxyl groups is 1. The molecule has 0 radical (unpaired) electrons. The molecule has 38 heavy (non-hydrogen) atoms. The van der Waals surface area contributed by atoms with E-state index in [0.717, 1.165) is 35.0 Å². The minimum atomic E-state index is -3.96. The highest BCUT2D eigenvalue weighted by Gasteiger charge is 2.26. The van der Waals surface area contributed by atoms with Crippen LogP contribution in [0.2, 0.25) is 5.02 Å². The Hall–Kier alpha value is -3.64. The molecular formula is C25H23ClF3N3O5S. The van der Waals surface area contributed by atoms with Crippen LogP contribution in [-0.2, 0) is 12.2 Å². The summed E-state index contributed by atoms with van der Waals surface area (Å²) in [5, 5.41) is 21.4. The lowest BCUT2D eigenvalue weighted by Gasteiger charge is -2.21. The summed E-state index contributed by atoms with van der Waals surface area (Å²) in [6.45, 7) is 1.16. The first-order chi connectivity index (χ1) is 17.9. The van der Waals surface area contributed by atoms with Crippen molar-refractivity contribution < 1.29 is 33.0 Å². The Kier molecular flexibility index (Phi) is 9.34.